The van der Waals surface area contributed by atoms with Gasteiger partial charge in [-0.3, -0.25) is 10.4 Å². The highest BCUT2D eigenvalue weighted by Crippen LogP contribution is 2.28. The highest BCUT2D eigenvalue weighted by molar-refractivity contribution is 5.65. The minimum absolute atomic E-state index is 0.925. The number of aromatic nitrogens is 2. The lowest BCUT2D eigenvalue weighted by molar-refractivity contribution is 0.419. The number of hydrogen-bond acceptors (Lipinski definition) is 2. The third-order valence-electron chi connectivity index (χ3n) is 3.12. The van der Waals surface area contributed by atoms with E-state index in [1.807, 2.05) is 12.3 Å². The fourth-order valence-electron chi connectivity index (χ4n) is 2.40. The molecular weight excluding hydrogens is 188 g/mol. The Kier molecular flexibility index (Phi) is 2.12. The first-order valence-corrected chi connectivity index (χ1v) is 5.61. The smallest absolute Gasteiger partial charge is 0.112 e. The Morgan fingerprint density at radius 1 is 1.27 bits per heavy atom. The van der Waals surface area contributed by atoms with Gasteiger partial charge in [-0.15, -0.1) is 0 Å². The second kappa shape index (κ2) is 3.61. The summed E-state index contributed by atoms with van der Waals surface area (Å²) in [6.07, 6.45) is 5.58. The molecule has 0 unspecified atom stereocenters. The van der Waals surface area contributed by atoms with Gasteiger partial charge < -0.3 is 4.90 Å². The molecule has 4 nitrogen and oxygen atoms in total. The molecule has 0 spiro atoms. The average Bonchev–Trinajstić information content (AvgIpc) is 3.01. The number of nitrogens with one attached hydrogen (secondary N) is 1. The third-order valence-corrected chi connectivity index (χ3v) is 3.12. The summed E-state index contributed by atoms with van der Waals surface area (Å²) >= 11 is 0. The van der Waals surface area contributed by atoms with E-state index in [9.17, 15) is 0 Å². The van der Waals surface area contributed by atoms with Crippen molar-refractivity contribution in [2.45, 2.75) is 19.3 Å². The molecule has 0 bridgehead atoms. The minimum atomic E-state index is 0.925. The van der Waals surface area contributed by atoms with Crippen molar-refractivity contribution in [3.63, 3.8) is 0 Å². The van der Waals surface area contributed by atoms with Crippen LogP contribution >= 0.6 is 0 Å². The van der Waals surface area contributed by atoms with Crippen molar-refractivity contribution in [1.82, 2.24) is 20.4 Å². The molecule has 0 aromatic carbocycles. The summed E-state index contributed by atoms with van der Waals surface area (Å²) < 4.78 is 0. The third kappa shape index (κ3) is 1.50. The van der Waals surface area contributed by atoms with Crippen molar-refractivity contribution in [3.05, 3.63) is 23.7 Å². The number of hydrogen-bond donors (Lipinski definition) is 1. The Labute approximate surface area is 89.4 Å². The summed E-state index contributed by atoms with van der Waals surface area (Å²) in [5.74, 6) is 0. The summed E-state index contributed by atoms with van der Waals surface area (Å²) in [5, 5.41) is 11.6. The van der Waals surface area contributed by atoms with Crippen LogP contribution in [0.25, 0.3) is 5.70 Å². The molecule has 1 fully saturated rings. The fourth-order valence-corrected chi connectivity index (χ4v) is 2.40. The Morgan fingerprint density at radius 2 is 2.13 bits per heavy atom. The SMILES string of the molecule is c1cc(C2=C(N3CCCC3)CC[N]2)n[nH]1. The molecule has 1 aromatic heterocycles. The van der Waals surface area contributed by atoms with Crippen LogP contribution in [0.5, 0.6) is 0 Å². The summed E-state index contributed by atoms with van der Waals surface area (Å²) in [4.78, 5) is 2.47. The van der Waals surface area contributed by atoms with Crippen molar-refractivity contribution < 1.29 is 0 Å². The Hall–Kier alpha value is -1.45. The molecule has 3 heterocycles. The zero-order valence-electron chi connectivity index (χ0n) is 8.74. The van der Waals surface area contributed by atoms with Gasteiger partial charge in [-0.1, -0.05) is 0 Å². The lowest BCUT2D eigenvalue weighted by Gasteiger charge is -2.19. The molecule has 1 aromatic rings. The normalized spacial score (nSPS) is 21.2. The van der Waals surface area contributed by atoms with Crippen LogP contribution in [-0.2, 0) is 0 Å². The number of aromatic amines is 1. The van der Waals surface area contributed by atoms with Gasteiger partial charge in [0.1, 0.15) is 11.4 Å². The largest absolute Gasteiger partial charge is 0.373 e. The zero-order chi connectivity index (χ0) is 10.1. The van der Waals surface area contributed by atoms with E-state index in [4.69, 9.17) is 0 Å². The fraction of sp³-hybridized carbons (Fsp3) is 0.545. The lowest BCUT2D eigenvalue weighted by Crippen LogP contribution is -2.18. The van der Waals surface area contributed by atoms with Gasteiger partial charge in [0, 0.05) is 37.9 Å². The molecule has 2 aliphatic heterocycles. The van der Waals surface area contributed by atoms with E-state index in [2.05, 4.69) is 20.4 Å². The monoisotopic (exact) mass is 203 g/mol. The molecule has 0 amide bonds. The van der Waals surface area contributed by atoms with Crippen molar-refractivity contribution in [1.29, 1.82) is 0 Å². The first-order valence-electron chi connectivity index (χ1n) is 5.61. The first kappa shape index (κ1) is 8.83. The molecule has 4 heteroatoms. The quantitative estimate of drug-likeness (QED) is 0.784. The van der Waals surface area contributed by atoms with Crippen molar-refractivity contribution >= 4 is 5.70 Å². The lowest BCUT2D eigenvalue weighted by atomic mass is 10.2. The second-order valence-electron chi connectivity index (χ2n) is 4.08. The van der Waals surface area contributed by atoms with E-state index < -0.39 is 0 Å². The van der Waals surface area contributed by atoms with E-state index in [1.54, 1.807) is 0 Å². The Bertz CT molecular complexity index is 360. The number of rotatable bonds is 2. The standard InChI is InChI=1S/C11H15N4/c1-2-8-15(7-1)10-4-5-12-11(10)9-3-6-13-14-9/h3,6H,1-2,4-5,7-8H2,(H,13,14). The zero-order valence-corrected chi connectivity index (χ0v) is 8.74. The van der Waals surface area contributed by atoms with Crippen molar-refractivity contribution in [2.75, 3.05) is 19.6 Å². The summed E-state index contributed by atoms with van der Waals surface area (Å²) in [7, 11) is 0. The van der Waals surface area contributed by atoms with E-state index in [0.29, 0.717) is 0 Å². The maximum absolute atomic E-state index is 4.56. The van der Waals surface area contributed by atoms with Gasteiger partial charge >= 0.3 is 0 Å². The van der Waals surface area contributed by atoms with Gasteiger partial charge in [0.15, 0.2) is 0 Å². The maximum atomic E-state index is 4.56. The van der Waals surface area contributed by atoms with Crippen molar-refractivity contribution in [2.24, 2.45) is 0 Å². The summed E-state index contributed by atoms with van der Waals surface area (Å²) in [6, 6.07) is 2.00. The molecule has 79 valence electrons. The maximum Gasteiger partial charge on any atom is 0.112 e. The molecule has 0 saturated carbocycles. The molecule has 1 saturated heterocycles. The number of H-pyrrole nitrogens is 1. The average molecular weight is 203 g/mol. The summed E-state index contributed by atoms with van der Waals surface area (Å²) in [6.45, 7) is 3.31. The topological polar surface area (TPSA) is 46.0 Å². The first-order chi connectivity index (χ1) is 7.45. The molecular formula is C11H15N4. The van der Waals surface area contributed by atoms with Gasteiger partial charge in [-0.2, -0.15) is 5.10 Å². The predicted molar refractivity (Wildman–Crippen MR) is 57.9 cm³/mol. The highest BCUT2D eigenvalue weighted by atomic mass is 15.2. The van der Waals surface area contributed by atoms with Crippen LogP contribution in [-0.4, -0.2) is 34.7 Å². The van der Waals surface area contributed by atoms with Crippen LogP contribution < -0.4 is 5.32 Å². The van der Waals surface area contributed by atoms with Gasteiger partial charge in [0.05, 0.1) is 0 Å². The highest BCUT2D eigenvalue weighted by Gasteiger charge is 2.25. The van der Waals surface area contributed by atoms with Gasteiger partial charge in [-0.25, -0.2) is 0 Å². The van der Waals surface area contributed by atoms with Crippen LogP contribution in [0.3, 0.4) is 0 Å². The molecule has 2 aliphatic rings. The minimum Gasteiger partial charge on any atom is -0.373 e. The molecule has 0 atom stereocenters. The van der Waals surface area contributed by atoms with Crippen LogP contribution in [0, 0.1) is 0 Å². The molecule has 3 rings (SSSR count). The second-order valence-corrected chi connectivity index (χ2v) is 4.08. The van der Waals surface area contributed by atoms with Crippen molar-refractivity contribution in [3.8, 4) is 0 Å². The molecule has 0 aliphatic carbocycles. The van der Waals surface area contributed by atoms with Crippen LogP contribution in [0.1, 0.15) is 25.0 Å². The number of nitrogens with zero attached hydrogens (tertiary/aromatic N) is 3. The van der Waals surface area contributed by atoms with E-state index >= 15 is 0 Å². The molecule has 1 radical (unpaired) electrons. The van der Waals surface area contributed by atoms with E-state index in [-0.39, 0.29) is 0 Å². The van der Waals surface area contributed by atoms with Crippen LogP contribution in [0.2, 0.25) is 0 Å². The molecule has 15 heavy (non-hydrogen) atoms. The van der Waals surface area contributed by atoms with Gasteiger partial charge in [0.25, 0.3) is 0 Å². The summed E-state index contributed by atoms with van der Waals surface area (Å²) in [5.41, 5.74) is 3.51. The Morgan fingerprint density at radius 3 is 2.87 bits per heavy atom. The van der Waals surface area contributed by atoms with Crippen LogP contribution in [0.4, 0.5) is 0 Å². The van der Waals surface area contributed by atoms with E-state index in [0.717, 1.165) is 24.4 Å². The Balaban J connectivity index is 1.93. The predicted octanol–water partition coefficient (Wildman–Crippen LogP) is 1.18. The van der Waals surface area contributed by atoms with Gasteiger partial charge in [0.2, 0.25) is 0 Å². The van der Waals surface area contributed by atoms with Crippen LogP contribution in [0.15, 0.2) is 18.0 Å². The van der Waals surface area contributed by atoms with E-state index in [1.165, 1.54) is 31.6 Å². The number of likely N-dealkylation sites (tertiary alicyclic amines) is 1. The molecule has 1 N–H and O–H groups in total. The van der Waals surface area contributed by atoms with Gasteiger partial charge in [-0.05, 0) is 18.9 Å².